The van der Waals surface area contributed by atoms with Crippen LogP contribution in [0.15, 0.2) is 22.7 Å². The van der Waals surface area contributed by atoms with Crippen molar-refractivity contribution in [1.29, 1.82) is 0 Å². The van der Waals surface area contributed by atoms with Gasteiger partial charge in [-0.25, -0.2) is 0 Å². The Morgan fingerprint density at radius 2 is 2.24 bits per heavy atom. The molecular formula is C11H13N3O3. The summed E-state index contributed by atoms with van der Waals surface area (Å²) in [6.07, 6.45) is -0.261. The molecule has 0 aliphatic carbocycles. The number of hydrogen-bond acceptors (Lipinski definition) is 6. The lowest BCUT2D eigenvalue weighted by molar-refractivity contribution is 0.109. The zero-order chi connectivity index (χ0) is 12.4. The number of rotatable bonds is 3. The molecular weight excluding hydrogens is 222 g/mol. The van der Waals surface area contributed by atoms with Gasteiger partial charge in [-0.3, -0.25) is 0 Å². The lowest BCUT2D eigenvalue weighted by atomic mass is 10.2. The first-order valence-electron chi connectivity index (χ1n) is 5.07. The van der Waals surface area contributed by atoms with Crippen molar-refractivity contribution in [3.8, 4) is 17.2 Å². The largest absolute Gasteiger partial charge is 0.507 e. The van der Waals surface area contributed by atoms with Gasteiger partial charge < -0.3 is 20.1 Å². The molecule has 2 aromatic rings. The molecule has 0 saturated carbocycles. The van der Waals surface area contributed by atoms with Crippen LogP contribution < -0.4 is 5.73 Å². The minimum atomic E-state index is -0.261. The Balaban J connectivity index is 2.37. The molecule has 90 valence electrons. The van der Waals surface area contributed by atoms with E-state index in [9.17, 15) is 5.11 Å². The summed E-state index contributed by atoms with van der Waals surface area (Å²) in [7, 11) is 1.56. The summed E-state index contributed by atoms with van der Waals surface area (Å²) in [6.45, 7) is 1.80. The van der Waals surface area contributed by atoms with Crippen molar-refractivity contribution in [2.24, 2.45) is 0 Å². The van der Waals surface area contributed by atoms with Crippen LogP contribution in [-0.4, -0.2) is 22.4 Å². The van der Waals surface area contributed by atoms with E-state index in [-0.39, 0.29) is 17.7 Å². The third kappa shape index (κ3) is 2.21. The molecule has 6 nitrogen and oxygen atoms in total. The molecule has 0 radical (unpaired) electrons. The average Bonchev–Trinajstić information content (AvgIpc) is 2.77. The minimum absolute atomic E-state index is 0.00488. The van der Waals surface area contributed by atoms with E-state index in [0.717, 1.165) is 0 Å². The van der Waals surface area contributed by atoms with Crippen molar-refractivity contribution >= 4 is 5.69 Å². The second-order valence-corrected chi connectivity index (χ2v) is 3.61. The maximum atomic E-state index is 9.71. The molecule has 0 saturated heterocycles. The van der Waals surface area contributed by atoms with Crippen LogP contribution in [0.1, 0.15) is 18.9 Å². The van der Waals surface area contributed by atoms with Crippen molar-refractivity contribution < 1.29 is 14.4 Å². The number of benzene rings is 1. The standard InChI is InChI=1S/C11H13N3O3/c1-6(16-2)10-13-11(17-14-10)8-4-3-7(12)5-9(8)15/h3-6,15H,12H2,1-2H3. The first kappa shape index (κ1) is 11.4. The summed E-state index contributed by atoms with van der Waals surface area (Å²) in [4.78, 5) is 4.14. The summed E-state index contributed by atoms with van der Waals surface area (Å²) >= 11 is 0. The number of ether oxygens (including phenoxy) is 1. The van der Waals surface area contributed by atoms with Crippen LogP contribution in [0, 0.1) is 0 Å². The Hall–Kier alpha value is -2.08. The second-order valence-electron chi connectivity index (χ2n) is 3.61. The zero-order valence-corrected chi connectivity index (χ0v) is 9.54. The first-order valence-corrected chi connectivity index (χ1v) is 5.07. The number of phenolic OH excluding ortho intramolecular Hbond substituents is 1. The van der Waals surface area contributed by atoms with Crippen molar-refractivity contribution in [3.63, 3.8) is 0 Å². The van der Waals surface area contributed by atoms with Gasteiger partial charge in [-0.15, -0.1) is 0 Å². The Morgan fingerprint density at radius 3 is 2.88 bits per heavy atom. The van der Waals surface area contributed by atoms with Gasteiger partial charge in [-0.2, -0.15) is 4.98 Å². The van der Waals surface area contributed by atoms with Gasteiger partial charge >= 0.3 is 0 Å². The highest BCUT2D eigenvalue weighted by atomic mass is 16.5. The van der Waals surface area contributed by atoms with Gasteiger partial charge in [-0.1, -0.05) is 5.16 Å². The van der Waals surface area contributed by atoms with Crippen LogP contribution in [0.4, 0.5) is 5.69 Å². The van der Waals surface area contributed by atoms with Crippen molar-refractivity contribution in [1.82, 2.24) is 10.1 Å². The SMILES string of the molecule is COC(C)c1noc(-c2ccc(N)cc2O)n1. The number of nitrogen functional groups attached to an aromatic ring is 1. The average molecular weight is 235 g/mol. The fraction of sp³-hybridized carbons (Fsp3) is 0.273. The molecule has 3 N–H and O–H groups in total. The van der Waals surface area contributed by atoms with Gasteiger partial charge in [-0.05, 0) is 19.1 Å². The predicted molar refractivity (Wildman–Crippen MR) is 61.2 cm³/mol. The first-order chi connectivity index (χ1) is 8.11. The molecule has 0 spiro atoms. The normalized spacial score (nSPS) is 12.6. The maximum Gasteiger partial charge on any atom is 0.261 e. The highest BCUT2D eigenvalue weighted by Gasteiger charge is 2.16. The smallest absolute Gasteiger partial charge is 0.261 e. The minimum Gasteiger partial charge on any atom is -0.507 e. The zero-order valence-electron chi connectivity index (χ0n) is 9.54. The summed E-state index contributed by atoms with van der Waals surface area (Å²) in [6, 6.07) is 4.71. The number of aromatic hydroxyl groups is 1. The highest BCUT2D eigenvalue weighted by molar-refractivity contribution is 5.66. The molecule has 6 heteroatoms. The summed E-state index contributed by atoms with van der Waals surface area (Å²) < 4.78 is 10.1. The lowest BCUT2D eigenvalue weighted by Gasteiger charge is -2.01. The molecule has 17 heavy (non-hydrogen) atoms. The number of aromatic nitrogens is 2. The third-order valence-corrected chi connectivity index (χ3v) is 2.41. The van der Waals surface area contributed by atoms with Crippen molar-refractivity contribution in [2.45, 2.75) is 13.0 Å². The van der Waals surface area contributed by atoms with E-state index in [2.05, 4.69) is 10.1 Å². The fourth-order valence-electron chi connectivity index (χ4n) is 1.34. The van der Waals surface area contributed by atoms with Gasteiger partial charge in [0, 0.05) is 18.9 Å². The fourth-order valence-corrected chi connectivity index (χ4v) is 1.34. The van der Waals surface area contributed by atoms with E-state index >= 15 is 0 Å². The molecule has 1 atom stereocenters. The Morgan fingerprint density at radius 1 is 1.47 bits per heavy atom. The lowest BCUT2D eigenvalue weighted by Crippen LogP contribution is -1.97. The highest BCUT2D eigenvalue weighted by Crippen LogP contribution is 2.30. The number of nitrogens with zero attached hydrogens (tertiary/aromatic N) is 2. The van der Waals surface area contributed by atoms with Crippen molar-refractivity contribution in [2.75, 3.05) is 12.8 Å². The van der Waals surface area contributed by atoms with E-state index in [0.29, 0.717) is 17.1 Å². The molecule has 0 fully saturated rings. The van der Waals surface area contributed by atoms with E-state index in [1.807, 2.05) is 0 Å². The summed E-state index contributed by atoms with van der Waals surface area (Å²) in [5.41, 5.74) is 6.45. The van der Waals surface area contributed by atoms with Crippen LogP contribution >= 0.6 is 0 Å². The number of phenols is 1. The van der Waals surface area contributed by atoms with E-state index in [1.54, 1.807) is 26.2 Å². The van der Waals surface area contributed by atoms with Crippen LogP contribution in [0.5, 0.6) is 5.75 Å². The van der Waals surface area contributed by atoms with Crippen LogP contribution in [-0.2, 0) is 4.74 Å². The summed E-state index contributed by atoms with van der Waals surface area (Å²) in [5.74, 6) is 0.672. The second kappa shape index (κ2) is 4.42. The molecule has 1 aromatic carbocycles. The van der Waals surface area contributed by atoms with E-state index in [1.165, 1.54) is 6.07 Å². The quantitative estimate of drug-likeness (QED) is 0.787. The number of nitrogens with two attached hydrogens (primary N) is 1. The topological polar surface area (TPSA) is 94.4 Å². The van der Waals surface area contributed by atoms with Crippen LogP contribution in [0.3, 0.4) is 0 Å². The number of anilines is 1. The van der Waals surface area contributed by atoms with Gasteiger partial charge in [0.25, 0.3) is 5.89 Å². The third-order valence-electron chi connectivity index (χ3n) is 2.41. The molecule has 0 aliphatic rings. The van der Waals surface area contributed by atoms with E-state index < -0.39 is 0 Å². The summed E-state index contributed by atoms with van der Waals surface area (Å²) in [5, 5.41) is 13.5. The Labute approximate surface area is 98.0 Å². The molecule has 1 aromatic heterocycles. The van der Waals surface area contributed by atoms with Gasteiger partial charge in [0.15, 0.2) is 0 Å². The van der Waals surface area contributed by atoms with E-state index in [4.69, 9.17) is 15.0 Å². The molecule has 0 bridgehead atoms. The monoisotopic (exact) mass is 235 g/mol. The molecule has 0 aliphatic heterocycles. The molecule has 1 heterocycles. The van der Waals surface area contributed by atoms with Gasteiger partial charge in [0.1, 0.15) is 11.9 Å². The predicted octanol–water partition coefficient (Wildman–Crippen LogP) is 1.73. The van der Waals surface area contributed by atoms with Crippen LogP contribution in [0.25, 0.3) is 11.5 Å². The number of hydrogen-bond donors (Lipinski definition) is 2. The maximum absolute atomic E-state index is 9.71. The van der Waals surface area contributed by atoms with Crippen LogP contribution in [0.2, 0.25) is 0 Å². The molecule has 0 amide bonds. The van der Waals surface area contributed by atoms with Gasteiger partial charge in [0.05, 0.1) is 5.56 Å². The van der Waals surface area contributed by atoms with Gasteiger partial charge in [0.2, 0.25) is 5.82 Å². The van der Waals surface area contributed by atoms with Crippen molar-refractivity contribution in [3.05, 3.63) is 24.0 Å². The number of methoxy groups -OCH3 is 1. The molecule has 1 unspecified atom stereocenters. The Bertz CT molecular complexity index is 524. The molecule has 2 rings (SSSR count). The Kier molecular flexibility index (Phi) is 2.97.